The van der Waals surface area contributed by atoms with Crippen LogP contribution in [0.3, 0.4) is 0 Å². The van der Waals surface area contributed by atoms with Gasteiger partial charge in [0.1, 0.15) is 18.3 Å². The number of hydrogen-bond acceptors (Lipinski definition) is 5. The number of rotatable bonds is 13. The van der Waals surface area contributed by atoms with Gasteiger partial charge in [0.15, 0.2) is 0 Å². The number of benzene rings is 3. The summed E-state index contributed by atoms with van der Waals surface area (Å²) in [6.07, 6.45) is 0.362. The summed E-state index contributed by atoms with van der Waals surface area (Å²) in [5.74, 6) is 0.145. The van der Waals surface area contributed by atoms with Crippen molar-refractivity contribution in [3.05, 3.63) is 88.0 Å². The van der Waals surface area contributed by atoms with Gasteiger partial charge in [0, 0.05) is 16.7 Å². The highest BCUT2D eigenvalue weighted by atomic mass is 127. The van der Waals surface area contributed by atoms with Crippen LogP contribution in [0.25, 0.3) is 0 Å². The number of nitrogens with one attached hydrogen (secondary N) is 1. The van der Waals surface area contributed by atoms with Gasteiger partial charge in [-0.15, -0.1) is 0 Å². The molecule has 0 saturated carbocycles. The fraction of sp³-hybridized carbons (Fsp3) is 0.333. The smallest absolute Gasteiger partial charge is 0.264 e. The first-order valence-corrected chi connectivity index (χ1v) is 15.6. The molecule has 0 aliphatic carbocycles. The number of nitrogens with zero attached hydrogens (tertiary/aromatic N) is 2. The first kappa shape index (κ1) is 31.4. The maximum atomic E-state index is 14.1. The largest absolute Gasteiger partial charge is 0.497 e. The second-order valence-corrected chi connectivity index (χ2v) is 12.8. The van der Waals surface area contributed by atoms with Crippen LogP contribution in [0, 0.1) is 9.49 Å². The third-order valence-corrected chi connectivity index (χ3v) is 8.81. The number of carbonyl (C=O) groups excluding carboxylic acids is 2. The van der Waals surface area contributed by atoms with Crippen LogP contribution < -0.4 is 14.4 Å². The summed E-state index contributed by atoms with van der Waals surface area (Å²) in [4.78, 5) is 28.9. The Morgan fingerprint density at radius 3 is 2.12 bits per heavy atom. The van der Waals surface area contributed by atoms with Crippen molar-refractivity contribution in [1.82, 2.24) is 10.2 Å². The highest BCUT2D eigenvalue weighted by molar-refractivity contribution is 14.1. The summed E-state index contributed by atoms with van der Waals surface area (Å²) < 4.78 is 34.9. The van der Waals surface area contributed by atoms with Gasteiger partial charge in [-0.1, -0.05) is 51.1 Å². The highest BCUT2D eigenvalue weighted by Gasteiger charge is 2.33. The summed E-state index contributed by atoms with van der Waals surface area (Å²) in [7, 11) is -2.51. The van der Waals surface area contributed by atoms with Gasteiger partial charge in [-0.3, -0.25) is 13.9 Å². The quantitative estimate of drug-likeness (QED) is 0.255. The standard InChI is InChI=1S/C30H36IN3O5S/c1-5-28(30(36)32-19-22(2)3)33(20-23-11-17-26(39-4)18-12-23)29(35)21-34(25-15-13-24(31)14-16-25)40(37,38)27-9-7-6-8-10-27/h6-18,22,28H,5,19-21H2,1-4H3,(H,32,36)/t28-/m1/s1. The number of halogens is 1. The predicted octanol–water partition coefficient (Wildman–Crippen LogP) is 5.07. The Bertz CT molecular complexity index is 1360. The Labute approximate surface area is 250 Å². The van der Waals surface area contributed by atoms with E-state index in [1.807, 2.05) is 32.9 Å². The van der Waals surface area contributed by atoms with Crippen LogP contribution in [0.1, 0.15) is 32.8 Å². The Morgan fingerprint density at radius 2 is 1.57 bits per heavy atom. The van der Waals surface area contributed by atoms with Gasteiger partial charge < -0.3 is 15.0 Å². The molecule has 0 bridgehead atoms. The SMILES string of the molecule is CC[C@H](C(=O)NCC(C)C)N(Cc1ccc(OC)cc1)C(=O)CN(c1ccc(I)cc1)S(=O)(=O)c1ccccc1. The second-order valence-electron chi connectivity index (χ2n) is 9.73. The molecule has 0 radical (unpaired) electrons. The molecule has 0 heterocycles. The lowest BCUT2D eigenvalue weighted by atomic mass is 10.1. The zero-order chi connectivity index (χ0) is 29.3. The van der Waals surface area contributed by atoms with Gasteiger partial charge in [-0.05, 0) is 89.0 Å². The number of carbonyl (C=O) groups is 2. The molecule has 0 aromatic heterocycles. The van der Waals surface area contributed by atoms with E-state index in [-0.39, 0.29) is 23.3 Å². The van der Waals surface area contributed by atoms with Gasteiger partial charge in [0.2, 0.25) is 11.8 Å². The normalized spacial score (nSPS) is 12.1. The van der Waals surface area contributed by atoms with Gasteiger partial charge in [0.05, 0.1) is 17.7 Å². The monoisotopic (exact) mass is 677 g/mol. The molecule has 0 spiro atoms. The maximum absolute atomic E-state index is 14.1. The van der Waals surface area contributed by atoms with E-state index in [0.717, 1.165) is 13.4 Å². The van der Waals surface area contributed by atoms with Crippen LogP contribution in [-0.2, 0) is 26.2 Å². The first-order chi connectivity index (χ1) is 19.1. The summed E-state index contributed by atoms with van der Waals surface area (Å²) >= 11 is 2.14. The third-order valence-electron chi connectivity index (χ3n) is 6.31. The number of methoxy groups -OCH3 is 1. The van der Waals surface area contributed by atoms with E-state index in [0.29, 0.717) is 24.4 Å². The molecule has 10 heteroatoms. The van der Waals surface area contributed by atoms with Crippen molar-refractivity contribution >= 4 is 50.1 Å². The number of anilines is 1. The molecule has 40 heavy (non-hydrogen) atoms. The number of ether oxygens (including phenoxy) is 1. The third kappa shape index (κ3) is 8.20. The Kier molecular flexibility index (Phi) is 11.4. The average Bonchev–Trinajstić information content (AvgIpc) is 2.95. The molecule has 2 amide bonds. The Hall–Kier alpha value is -3.12. The lowest BCUT2D eigenvalue weighted by Gasteiger charge is -2.33. The van der Waals surface area contributed by atoms with Crippen LogP contribution in [-0.4, -0.2) is 51.4 Å². The van der Waals surface area contributed by atoms with Crippen LogP contribution in [0.5, 0.6) is 5.75 Å². The van der Waals surface area contributed by atoms with Crippen molar-refractivity contribution in [3.8, 4) is 5.75 Å². The zero-order valence-electron chi connectivity index (χ0n) is 23.2. The van der Waals surface area contributed by atoms with Crippen LogP contribution in [0.15, 0.2) is 83.8 Å². The fourth-order valence-electron chi connectivity index (χ4n) is 4.13. The minimum absolute atomic E-state index is 0.0739. The van der Waals surface area contributed by atoms with Crippen molar-refractivity contribution in [1.29, 1.82) is 0 Å². The number of amides is 2. The van der Waals surface area contributed by atoms with Crippen molar-refractivity contribution in [3.63, 3.8) is 0 Å². The Morgan fingerprint density at radius 1 is 0.950 bits per heavy atom. The lowest BCUT2D eigenvalue weighted by molar-refractivity contribution is -0.140. The zero-order valence-corrected chi connectivity index (χ0v) is 26.2. The minimum atomic E-state index is -4.09. The fourth-order valence-corrected chi connectivity index (χ4v) is 5.92. The minimum Gasteiger partial charge on any atom is -0.497 e. The number of hydrogen-bond donors (Lipinski definition) is 1. The predicted molar refractivity (Wildman–Crippen MR) is 166 cm³/mol. The molecule has 0 aliphatic rings. The average molecular weight is 678 g/mol. The second kappa shape index (κ2) is 14.5. The van der Waals surface area contributed by atoms with E-state index >= 15 is 0 Å². The molecule has 0 aliphatic heterocycles. The molecule has 3 rings (SSSR count). The topological polar surface area (TPSA) is 96.0 Å². The summed E-state index contributed by atoms with van der Waals surface area (Å²) in [6.45, 7) is 5.95. The first-order valence-electron chi connectivity index (χ1n) is 13.1. The molecular formula is C30H36IN3O5S. The van der Waals surface area contributed by atoms with Gasteiger partial charge in [-0.2, -0.15) is 0 Å². The van der Waals surface area contributed by atoms with E-state index in [4.69, 9.17) is 4.74 Å². The van der Waals surface area contributed by atoms with Crippen molar-refractivity contribution in [2.24, 2.45) is 5.92 Å². The lowest BCUT2D eigenvalue weighted by Crippen LogP contribution is -2.52. The molecule has 214 valence electrons. The highest BCUT2D eigenvalue weighted by Crippen LogP contribution is 2.26. The Balaban J connectivity index is 2.02. The summed E-state index contributed by atoms with van der Waals surface area (Å²) in [5.41, 5.74) is 1.15. The molecule has 3 aromatic rings. The van der Waals surface area contributed by atoms with Gasteiger partial charge in [0.25, 0.3) is 10.0 Å². The number of sulfonamides is 1. The van der Waals surface area contributed by atoms with Crippen molar-refractivity contribution in [2.45, 2.75) is 44.7 Å². The van der Waals surface area contributed by atoms with Crippen molar-refractivity contribution in [2.75, 3.05) is 24.5 Å². The van der Waals surface area contributed by atoms with E-state index in [9.17, 15) is 18.0 Å². The maximum Gasteiger partial charge on any atom is 0.264 e. The molecule has 1 atom stereocenters. The van der Waals surface area contributed by atoms with Crippen LogP contribution in [0.4, 0.5) is 5.69 Å². The molecular weight excluding hydrogens is 641 g/mol. The van der Waals surface area contributed by atoms with Crippen LogP contribution >= 0.6 is 22.6 Å². The van der Waals surface area contributed by atoms with E-state index < -0.39 is 28.5 Å². The summed E-state index contributed by atoms with van der Waals surface area (Å²) in [6, 6.07) is 21.4. The van der Waals surface area contributed by atoms with E-state index in [1.54, 1.807) is 61.7 Å². The van der Waals surface area contributed by atoms with Gasteiger partial charge in [-0.25, -0.2) is 8.42 Å². The van der Waals surface area contributed by atoms with E-state index in [1.165, 1.54) is 17.0 Å². The molecule has 0 unspecified atom stereocenters. The summed E-state index contributed by atoms with van der Waals surface area (Å²) in [5, 5.41) is 2.93. The molecule has 0 saturated heterocycles. The molecule has 8 nitrogen and oxygen atoms in total. The molecule has 3 aromatic carbocycles. The van der Waals surface area contributed by atoms with E-state index in [2.05, 4.69) is 27.9 Å². The van der Waals surface area contributed by atoms with Gasteiger partial charge >= 0.3 is 0 Å². The molecule has 1 N–H and O–H groups in total. The van der Waals surface area contributed by atoms with Crippen LogP contribution in [0.2, 0.25) is 0 Å². The molecule has 0 fully saturated rings. The van der Waals surface area contributed by atoms with Crippen molar-refractivity contribution < 1.29 is 22.7 Å².